The molecule has 0 saturated carbocycles. The van der Waals surface area contributed by atoms with Gasteiger partial charge < -0.3 is 4.74 Å². The number of esters is 1. The first kappa shape index (κ1) is 17.3. The fraction of sp³-hybridized carbons (Fsp3) is 0.316. The van der Waals surface area contributed by atoms with Crippen molar-refractivity contribution in [3.05, 3.63) is 50.1 Å². The summed E-state index contributed by atoms with van der Waals surface area (Å²) < 4.78 is 6.69. The lowest BCUT2D eigenvalue weighted by Gasteiger charge is -2.14. The molecule has 3 aromatic rings. The Morgan fingerprint density at radius 2 is 2.04 bits per heavy atom. The molecule has 0 unspecified atom stereocenters. The van der Waals surface area contributed by atoms with Crippen molar-refractivity contribution in [3.63, 3.8) is 0 Å². The lowest BCUT2D eigenvalue weighted by molar-refractivity contribution is -0.137. The molecule has 0 amide bonds. The Kier molecular flexibility index (Phi) is 4.26. The largest absolute Gasteiger partial charge is 0.465 e. The fourth-order valence-electron chi connectivity index (χ4n) is 3.63. The quantitative estimate of drug-likeness (QED) is 0.475. The first-order valence-corrected chi connectivity index (χ1v) is 10.9. The number of benzene rings is 1. The molecule has 2 aliphatic rings. The number of hydrogen-bond donors (Lipinski definition) is 0. The minimum Gasteiger partial charge on any atom is -0.465 e. The number of hydrogen-bond acceptors (Lipinski definition) is 6. The molecule has 1 atom stereocenters. The Morgan fingerprint density at radius 1 is 1.22 bits per heavy atom. The zero-order valence-electron chi connectivity index (χ0n) is 14.2. The maximum atomic E-state index is 13.5. The highest BCUT2D eigenvalue weighted by atomic mass is 35.5. The zero-order valence-corrected chi connectivity index (χ0v) is 16.6. The third kappa shape index (κ3) is 2.88. The number of cyclic esters (lactones) is 1. The predicted molar refractivity (Wildman–Crippen MR) is 107 cm³/mol. The van der Waals surface area contributed by atoms with Gasteiger partial charge in [0.15, 0.2) is 5.16 Å². The second-order valence-electron chi connectivity index (χ2n) is 6.61. The molecule has 0 radical (unpaired) electrons. The summed E-state index contributed by atoms with van der Waals surface area (Å²) in [6.07, 6.45) is 3.64. The van der Waals surface area contributed by atoms with Gasteiger partial charge in [0, 0.05) is 16.3 Å². The lowest BCUT2D eigenvalue weighted by atomic mass is 10.2. The molecule has 2 aromatic heterocycles. The Hall–Kier alpha value is -1.83. The number of aromatic nitrogens is 2. The minimum absolute atomic E-state index is 0.0735. The van der Waals surface area contributed by atoms with Crippen LogP contribution in [0.2, 0.25) is 5.02 Å². The van der Waals surface area contributed by atoms with Gasteiger partial charge in [-0.05, 0) is 49.1 Å². The van der Waals surface area contributed by atoms with Crippen LogP contribution in [0, 0.1) is 0 Å². The molecule has 27 heavy (non-hydrogen) atoms. The van der Waals surface area contributed by atoms with Gasteiger partial charge in [0.2, 0.25) is 0 Å². The number of aryl methyl sites for hydroxylation is 2. The molecular weight excluding hydrogens is 404 g/mol. The topological polar surface area (TPSA) is 61.2 Å². The van der Waals surface area contributed by atoms with E-state index in [0.717, 1.165) is 35.0 Å². The molecule has 1 aliphatic heterocycles. The van der Waals surface area contributed by atoms with Crippen molar-refractivity contribution < 1.29 is 9.53 Å². The summed E-state index contributed by atoms with van der Waals surface area (Å²) in [5, 5.41) is 1.52. The van der Waals surface area contributed by atoms with E-state index < -0.39 is 0 Å². The van der Waals surface area contributed by atoms with E-state index in [-0.39, 0.29) is 16.8 Å². The standard InChI is InChI=1S/C19H15ClN2O3S2/c20-10-4-6-11(7-5-10)22-17(23)15-12-2-1-3-13(12)26-16(15)21-19(22)27-14-8-9-25-18(14)24/h4-7,14H,1-3,8-9H2/t14-/m0/s1. The Morgan fingerprint density at radius 3 is 2.78 bits per heavy atom. The molecule has 138 valence electrons. The van der Waals surface area contributed by atoms with Crippen LogP contribution >= 0.6 is 34.7 Å². The molecule has 0 N–H and O–H groups in total. The van der Waals surface area contributed by atoms with Crippen LogP contribution in [-0.4, -0.2) is 27.4 Å². The van der Waals surface area contributed by atoms with Crippen LogP contribution in [0.1, 0.15) is 23.3 Å². The highest BCUT2D eigenvalue weighted by molar-refractivity contribution is 8.00. The number of fused-ring (bicyclic) bond motifs is 3. The lowest BCUT2D eigenvalue weighted by Crippen LogP contribution is -2.23. The van der Waals surface area contributed by atoms with Crippen LogP contribution in [0.5, 0.6) is 0 Å². The van der Waals surface area contributed by atoms with E-state index in [1.165, 1.54) is 16.6 Å². The molecule has 1 aliphatic carbocycles. The van der Waals surface area contributed by atoms with Crippen LogP contribution in [0.3, 0.4) is 0 Å². The summed E-state index contributed by atoms with van der Waals surface area (Å²) in [6.45, 7) is 0.414. The number of thiophene rings is 1. The van der Waals surface area contributed by atoms with Gasteiger partial charge in [-0.15, -0.1) is 11.3 Å². The molecule has 0 spiro atoms. The van der Waals surface area contributed by atoms with E-state index in [4.69, 9.17) is 21.3 Å². The maximum absolute atomic E-state index is 13.5. The van der Waals surface area contributed by atoms with Crippen molar-refractivity contribution in [3.8, 4) is 5.69 Å². The molecule has 5 rings (SSSR count). The average Bonchev–Trinajstić information content (AvgIpc) is 3.33. The van der Waals surface area contributed by atoms with Gasteiger partial charge in [0.05, 0.1) is 17.7 Å². The van der Waals surface area contributed by atoms with E-state index >= 15 is 0 Å². The van der Waals surface area contributed by atoms with Crippen molar-refractivity contribution in [2.45, 2.75) is 36.1 Å². The Balaban J connectivity index is 1.73. The van der Waals surface area contributed by atoms with Gasteiger partial charge in [0.1, 0.15) is 10.1 Å². The number of ether oxygens (including phenoxy) is 1. The molecule has 1 saturated heterocycles. The zero-order chi connectivity index (χ0) is 18.5. The summed E-state index contributed by atoms with van der Waals surface area (Å²) in [6, 6.07) is 7.12. The van der Waals surface area contributed by atoms with Gasteiger partial charge in [-0.3, -0.25) is 14.2 Å². The molecule has 1 fully saturated rings. The average molecular weight is 419 g/mol. The molecule has 1 aromatic carbocycles. The van der Waals surface area contributed by atoms with E-state index in [1.54, 1.807) is 40.2 Å². The summed E-state index contributed by atoms with van der Waals surface area (Å²) in [4.78, 5) is 32.3. The number of carbonyl (C=O) groups is 1. The second-order valence-corrected chi connectivity index (χ2v) is 9.30. The fourth-order valence-corrected chi connectivity index (χ4v) is 6.14. The van der Waals surface area contributed by atoms with Crippen LogP contribution < -0.4 is 5.56 Å². The van der Waals surface area contributed by atoms with Gasteiger partial charge >= 0.3 is 5.97 Å². The number of thioether (sulfide) groups is 1. The Bertz CT molecular complexity index is 1120. The second kappa shape index (κ2) is 6.65. The first-order valence-electron chi connectivity index (χ1n) is 8.78. The highest BCUT2D eigenvalue weighted by Crippen LogP contribution is 2.37. The Labute approximate surface area is 168 Å². The van der Waals surface area contributed by atoms with E-state index in [0.29, 0.717) is 28.9 Å². The van der Waals surface area contributed by atoms with Crippen LogP contribution in [0.15, 0.2) is 34.2 Å². The third-order valence-electron chi connectivity index (χ3n) is 4.93. The predicted octanol–water partition coefficient (Wildman–Crippen LogP) is 4.00. The summed E-state index contributed by atoms with van der Waals surface area (Å²) >= 11 is 8.93. The van der Waals surface area contributed by atoms with E-state index in [1.807, 2.05) is 0 Å². The van der Waals surface area contributed by atoms with Gasteiger partial charge in [-0.25, -0.2) is 4.98 Å². The van der Waals surface area contributed by atoms with Crippen LogP contribution in [0.4, 0.5) is 0 Å². The molecule has 5 nitrogen and oxygen atoms in total. The van der Waals surface area contributed by atoms with Crippen molar-refractivity contribution in [2.75, 3.05) is 6.61 Å². The minimum atomic E-state index is -0.334. The molecule has 8 heteroatoms. The number of nitrogens with zero attached hydrogens (tertiary/aromatic N) is 2. The van der Waals surface area contributed by atoms with E-state index in [9.17, 15) is 9.59 Å². The molecular formula is C19H15ClN2O3S2. The third-order valence-corrected chi connectivity index (χ3v) is 7.56. The molecule has 3 heterocycles. The smallest absolute Gasteiger partial charge is 0.319 e. The van der Waals surface area contributed by atoms with E-state index in [2.05, 4.69) is 0 Å². The number of rotatable bonds is 3. The van der Waals surface area contributed by atoms with Crippen molar-refractivity contribution in [1.82, 2.24) is 9.55 Å². The van der Waals surface area contributed by atoms with Crippen molar-refractivity contribution >= 4 is 50.9 Å². The number of halogens is 1. The van der Waals surface area contributed by atoms with Gasteiger partial charge in [-0.1, -0.05) is 23.4 Å². The van der Waals surface area contributed by atoms with Gasteiger partial charge in [-0.2, -0.15) is 0 Å². The van der Waals surface area contributed by atoms with Crippen LogP contribution in [0.25, 0.3) is 15.9 Å². The van der Waals surface area contributed by atoms with Crippen LogP contribution in [-0.2, 0) is 22.4 Å². The first-order chi connectivity index (χ1) is 13.1. The highest BCUT2D eigenvalue weighted by Gasteiger charge is 2.31. The van der Waals surface area contributed by atoms with Gasteiger partial charge in [0.25, 0.3) is 5.56 Å². The SMILES string of the molecule is O=C1OCC[C@@H]1Sc1nc2sc3c(c2c(=O)n1-c1ccc(Cl)cc1)CCC3. The monoisotopic (exact) mass is 418 g/mol. The number of carbonyl (C=O) groups excluding carboxylic acids is 1. The molecule has 0 bridgehead atoms. The summed E-state index contributed by atoms with van der Waals surface area (Å²) in [7, 11) is 0. The van der Waals surface area contributed by atoms with Crippen molar-refractivity contribution in [2.24, 2.45) is 0 Å². The summed E-state index contributed by atoms with van der Waals surface area (Å²) in [5.74, 6) is -0.245. The summed E-state index contributed by atoms with van der Waals surface area (Å²) in [5.41, 5.74) is 1.77. The maximum Gasteiger partial charge on any atom is 0.319 e. The van der Waals surface area contributed by atoms with Crippen molar-refractivity contribution in [1.29, 1.82) is 0 Å². The normalized spacial score (nSPS) is 18.9.